The Bertz CT molecular complexity index is 523. The largest absolute Gasteiger partial charge is 1.00 e. The summed E-state index contributed by atoms with van der Waals surface area (Å²) in [6.07, 6.45) is 3.59. The van der Waals surface area contributed by atoms with Gasteiger partial charge in [-0.05, 0) is 40.7 Å². The molecule has 86 valence electrons. The van der Waals surface area contributed by atoms with Crippen LogP contribution in [0, 0.1) is 0 Å². The maximum Gasteiger partial charge on any atom is 1.00 e. The standard InChI is InChI=1S/C11H12O3S2.K/c12-16(13,15)14-8-7-10-6-5-9-3-1-2-4-11(9)10;/h1-4,6H,5,7-8H2,(H,12,13,15);/q;+1/p-1. The summed E-state index contributed by atoms with van der Waals surface area (Å²) < 4.78 is 25.8. The summed E-state index contributed by atoms with van der Waals surface area (Å²) in [4.78, 5) is 0. The second kappa shape index (κ2) is 6.88. The molecule has 1 aliphatic rings. The van der Waals surface area contributed by atoms with E-state index in [1.165, 1.54) is 11.1 Å². The Kier molecular flexibility index (Phi) is 6.45. The zero-order chi connectivity index (χ0) is 11.6. The monoisotopic (exact) mass is 294 g/mol. The van der Waals surface area contributed by atoms with Crippen molar-refractivity contribution in [3.63, 3.8) is 0 Å². The second-order valence-corrected chi connectivity index (χ2v) is 5.85. The molecule has 1 aliphatic carbocycles. The van der Waals surface area contributed by atoms with Gasteiger partial charge in [-0.3, -0.25) is 4.18 Å². The molecule has 0 bridgehead atoms. The molecule has 0 radical (unpaired) electrons. The van der Waals surface area contributed by atoms with Gasteiger partial charge in [0.2, 0.25) is 0 Å². The second-order valence-electron chi connectivity index (χ2n) is 3.57. The predicted molar refractivity (Wildman–Crippen MR) is 65.0 cm³/mol. The summed E-state index contributed by atoms with van der Waals surface area (Å²) in [7, 11) is -3.74. The summed E-state index contributed by atoms with van der Waals surface area (Å²) >= 11 is 4.13. The van der Waals surface area contributed by atoms with E-state index in [1.807, 2.05) is 18.2 Å². The minimum absolute atomic E-state index is 0. The van der Waals surface area contributed by atoms with Crippen LogP contribution in [0.5, 0.6) is 0 Å². The summed E-state index contributed by atoms with van der Waals surface area (Å²) in [5.41, 5.74) is 3.60. The first-order valence-corrected chi connectivity index (χ1v) is 7.27. The Balaban J connectivity index is 0.00000144. The van der Waals surface area contributed by atoms with Crippen molar-refractivity contribution in [3.05, 3.63) is 41.5 Å². The van der Waals surface area contributed by atoms with E-state index < -0.39 is 9.05 Å². The van der Waals surface area contributed by atoms with Crippen molar-refractivity contribution in [2.75, 3.05) is 6.61 Å². The zero-order valence-corrected chi connectivity index (χ0v) is 14.3. The van der Waals surface area contributed by atoms with Gasteiger partial charge >= 0.3 is 51.4 Å². The van der Waals surface area contributed by atoms with E-state index in [2.05, 4.69) is 27.5 Å². The van der Waals surface area contributed by atoms with E-state index in [0.717, 1.165) is 12.0 Å². The minimum Gasteiger partial charge on any atom is -0.748 e. The number of allylic oxidation sites excluding steroid dienone is 1. The SMILES string of the molecule is O=S([O-])(=S)OCCC1=CCc2ccccc21.[K+]. The number of hydrogen-bond acceptors (Lipinski definition) is 4. The molecule has 0 saturated heterocycles. The van der Waals surface area contributed by atoms with Crippen molar-refractivity contribution < 1.29 is 64.3 Å². The molecule has 3 nitrogen and oxygen atoms in total. The average molecular weight is 294 g/mol. The number of benzene rings is 1. The van der Waals surface area contributed by atoms with Crippen molar-refractivity contribution in [2.45, 2.75) is 12.8 Å². The molecule has 1 aromatic rings. The summed E-state index contributed by atoms with van der Waals surface area (Å²) in [6.45, 7) is 0.117. The normalized spacial score (nSPS) is 16.6. The van der Waals surface area contributed by atoms with Crippen molar-refractivity contribution in [1.82, 2.24) is 0 Å². The van der Waals surface area contributed by atoms with Crippen LogP contribution in [0.25, 0.3) is 5.57 Å². The van der Waals surface area contributed by atoms with E-state index in [4.69, 9.17) is 0 Å². The molecule has 0 aliphatic heterocycles. The van der Waals surface area contributed by atoms with Crippen molar-refractivity contribution >= 4 is 25.8 Å². The van der Waals surface area contributed by atoms with Gasteiger partial charge in [0.25, 0.3) is 0 Å². The fourth-order valence-electron chi connectivity index (χ4n) is 1.85. The van der Waals surface area contributed by atoms with Crippen molar-refractivity contribution in [1.29, 1.82) is 0 Å². The molecule has 0 spiro atoms. The molecule has 1 atom stereocenters. The maximum absolute atomic E-state index is 10.6. The van der Waals surface area contributed by atoms with Crippen LogP contribution >= 0.6 is 0 Å². The first-order chi connectivity index (χ1) is 7.56. The van der Waals surface area contributed by atoms with Crippen LogP contribution in [-0.4, -0.2) is 15.4 Å². The van der Waals surface area contributed by atoms with Gasteiger partial charge in [-0.2, -0.15) is 0 Å². The minimum atomic E-state index is -3.74. The Morgan fingerprint density at radius 3 is 2.82 bits per heavy atom. The molecule has 17 heavy (non-hydrogen) atoms. The predicted octanol–water partition coefficient (Wildman–Crippen LogP) is -1.17. The first kappa shape index (κ1) is 15.9. The third kappa shape index (κ3) is 4.81. The quantitative estimate of drug-likeness (QED) is 0.657. The molecule has 0 saturated carbocycles. The van der Waals surface area contributed by atoms with E-state index in [-0.39, 0.29) is 58.0 Å². The molecule has 0 heterocycles. The van der Waals surface area contributed by atoms with Gasteiger partial charge in [-0.1, -0.05) is 30.3 Å². The Morgan fingerprint density at radius 1 is 1.41 bits per heavy atom. The van der Waals surface area contributed by atoms with Gasteiger partial charge in [0, 0.05) is 0 Å². The van der Waals surface area contributed by atoms with Crippen LogP contribution in [0.15, 0.2) is 30.3 Å². The summed E-state index contributed by atoms with van der Waals surface area (Å²) in [5, 5.41) is 0. The van der Waals surface area contributed by atoms with Crippen molar-refractivity contribution in [3.8, 4) is 0 Å². The van der Waals surface area contributed by atoms with Gasteiger partial charge in [0.05, 0.1) is 15.7 Å². The van der Waals surface area contributed by atoms with Crippen LogP contribution in [0.2, 0.25) is 0 Å². The van der Waals surface area contributed by atoms with E-state index in [9.17, 15) is 8.76 Å². The van der Waals surface area contributed by atoms with Crippen LogP contribution in [0.1, 0.15) is 17.5 Å². The molecule has 0 aromatic heterocycles. The number of rotatable bonds is 4. The Morgan fingerprint density at radius 2 is 2.12 bits per heavy atom. The van der Waals surface area contributed by atoms with Gasteiger partial charge in [0.1, 0.15) is 0 Å². The van der Waals surface area contributed by atoms with Gasteiger partial charge in [-0.15, -0.1) is 0 Å². The molecule has 1 unspecified atom stereocenters. The fourth-order valence-corrected chi connectivity index (χ4v) is 2.34. The molecule has 6 heteroatoms. The molecule has 1 aromatic carbocycles. The number of fused-ring (bicyclic) bond motifs is 1. The first-order valence-electron chi connectivity index (χ1n) is 4.94. The van der Waals surface area contributed by atoms with Crippen molar-refractivity contribution in [2.24, 2.45) is 0 Å². The van der Waals surface area contributed by atoms with Gasteiger partial charge in [-0.25, -0.2) is 4.21 Å². The molecular formula is C11H11KO3S2. The summed E-state index contributed by atoms with van der Waals surface area (Å²) in [5.74, 6) is 0. The zero-order valence-electron chi connectivity index (χ0n) is 9.55. The fraction of sp³-hybridized carbons (Fsp3) is 0.273. The van der Waals surface area contributed by atoms with Crippen LogP contribution in [0.4, 0.5) is 0 Å². The van der Waals surface area contributed by atoms with E-state index in [1.54, 1.807) is 0 Å². The molecule has 0 N–H and O–H groups in total. The van der Waals surface area contributed by atoms with E-state index >= 15 is 0 Å². The third-order valence-corrected chi connectivity index (χ3v) is 3.27. The Hall–Kier alpha value is 0.886. The third-order valence-electron chi connectivity index (χ3n) is 2.53. The van der Waals surface area contributed by atoms with Gasteiger partial charge in [0.15, 0.2) is 0 Å². The van der Waals surface area contributed by atoms with Crippen LogP contribution in [0.3, 0.4) is 0 Å². The van der Waals surface area contributed by atoms with E-state index in [0.29, 0.717) is 6.42 Å². The van der Waals surface area contributed by atoms with Crippen LogP contribution in [-0.2, 0) is 30.8 Å². The average Bonchev–Trinajstić information content (AvgIpc) is 2.60. The Labute approximate surface area is 149 Å². The molecular weight excluding hydrogens is 283 g/mol. The topological polar surface area (TPSA) is 49.4 Å². The van der Waals surface area contributed by atoms with Crippen LogP contribution < -0.4 is 51.4 Å². The maximum atomic E-state index is 10.6. The van der Waals surface area contributed by atoms with Gasteiger partial charge < -0.3 is 4.55 Å². The number of hydrogen-bond donors (Lipinski definition) is 0. The smallest absolute Gasteiger partial charge is 0.748 e. The molecule has 0 amide bonds. The summed E-state index contributed by atoms with van der Waals surface area (Å²) in [6, 6.07) is 8.09. The molecule has 2 rings (SSSR count). The molecule has 0 fully saturated rings.